The Bertz CT molecular complexity index is 592. The van der Waals surface area contributed by atoms with E-state index in [2.05, 4.69) is 0 Å². The van der Waals surface area contributed by atoms with E-state index in [1.807, 2.05) is 27.7 Å². The lowest BCUT2D eigenvalue weighted by molar-refractivity contribution is -0.143. The zero-order chi connectivity index (χ0) is 19.0. The van der Waals surface area contributed by atoms with Crippen LogP contribution in [-0.2, 0) is 20.7 Å². The highest BCUT2D eigenvalue weighted by atomic mass is 16.5. The highest BCUT2D eigenvalue weighted by Gasteiger charge is 2.22. The number of benzene rings is 1. The van der Waals surface area contributed by atoms with E-state index < -0.39 is 11.9 Å². The molecule has 0 amide bonds. The SMILES string of the molecule is CCOc1cc(O)c(C(=O)OCC(C)C)c(CC(=O)OCC(C)C)c1. The van der Waals surface area contributed by atoms with Crippen LogP contribution in [0, 0.1) is 11.8 Å². The highest BCUT2D eigenvalue weighted by Crippen LogP contribution is 2.29. The third kappa shape index (κ3) is 7.03. The molecular formula is C19H28O6. The summed E-state index contributed by atoms with van der Waals surface area (Å²) in [6, 6.07) is 2.91. The van der Waals surface area contributed by atoms with Gasteiger partial charge in [0, 0.05) is 6.07 Å². The topological polar surface area (TPSA) is 82.1 Å². The molecule has 1 aromatic carbocycles. The van der Waals surface area contributed by atoms with Gasteiger partial charge in [-0.25, -0.2) is 4.79 Å². The standard InChI is InChI=1S/C19H28O6/c1-6-23-15-7-14(8-17(21)24-10-12(2)3)18(16(20)9-15)19(22)25-11-13(4)5/h7,9,12-13,20H,6,8,10-11H2,1-5H3. The molecule has 0 radical (unpaired) electrons. The Morgan fingerprint density at radius 2 is 1.64 bits per heavy atom. The largest absolute Gasteiger partial charge is 0.507 e. The van der Waals surface area contributed by atoms with Crippen LogP contribution in [0.15, 0.2) is 12.1 Å². The molecule has 0 saturated carbocycles. The first-order valence-corrected chi connectivity index (χ1v) is 8.56. The minimum atomic E-state index is -0.666. The maximum absolute atomic E-state index is 12.3. The quantitative estimate of drug-likeness (QED) is 0.686. The van der Waals surface area contributed by atoms with Crippen molar-refractivity contribution in [3.63, 3.8) is 0 Å². The Balaban J connectivity index is 3.07. The second-order valence-corrected chi connectivity index (χ2v) is 6.66. The van der Waals surface area contributed by atoms with Gasteiger partial charge in [-0.3, -0.25) is 4.79 Å². The van der Waals surface area contributed by atoms with E-state index >= 15 is 0 Å². The first-order valence-electron chi connectivity index (χ1n) is 8.56. The summed E-state index contributed by atoms with van der Waals surface area (Å²) in [6.07, 6.45) is -0.146. The summed E-state index contributed by atoms with van der Waals surface area (Å²) in [7, 11) is 0. The van der Waals surface area contributed by atoms with Crippen LogP contribution in [0.3, 0.4) is 0 Å². The second kappa shape index (κ2) is 9.91. The number of aromatic hydroxyl groups is 1. The Hall–Kier alpha value is -2.24. The third-order valence-electron chi connectivity index (χ3n) is 3.15. The molecule has 1 rings (SSSR count). The van der Waals surface area contributed by atoms with E-state index in [9.17, 15) is 14.7 Å². The van der Waals surface area contributed by atoms with Gasteiger partial charge in [-0.1, -0.05) is 27.7 Å². The summed E-state index contributed by atoms with van der Waals surface area (Å²) in [5.74, 6) is -0.658. The molecule has 0 saturated heterocycles. The molecule has 0 atom stereocenters. The summed E-state index contributed by atoms with van der Waals surface area (Å²) in [5, 5.41) is 10.2. The predicted octanol–water partition coefficient (Wildman–Crippen LogP) is 3.35. The van der Waals surface area contributed by atoms with Gasteiger partial charge in [0.05, 0.1) is 26.2 Å². The van der Waals surface area contributed by atoms with E-state index in [1.54, 1.807) is 13.0 Å². The molecule has 25 heavy (non-hydrogen) atoms. The van der Waals surface area contributed by atoms with Crippen molar-refractivity contribution >= 4 is 11.9 Å². The van der Waals surface area contributed by atoms with Crippen molar-refractivity contribution < 1.29 is 28.9 Å². The Morgan fingerprint density at radius 1 is 1.04 bits per heavy atom. The van der Waals surface area contributed by atoms with Crippen molar-refractivity contribution in [1.82, 2.24) is 0 Å². The van der Waals surface area contributed by atoms with Gasteiger partial charge in [0.1, 0.15) is 17.1 Å². The van der Waals surface area contributed by atoms with Crippen molar-refractivity contribution in [2.75, 3.05) is 19.8 Å². The summed E-state index contributed by atoms with van der Waals surface area (Å²) in [5.41, 5.74) is 0.302. The minimum Gasteiger partial charge on any atom is -0.507 e. The maximum atomic E-state index is 12.3. The third-order valence-corrected chi connectivity index (χ3v) is 3.15. The summed E-state index contributed by atoms with van der Waals surface area (Å²) >= 11 is 0. The highest BCUT2D eigenvalue weighted by molar-refractivity contribution is 5.95. The number of hydrogen-bond acceptors (Lipinski definition) is 6. The number of phenols is 1. The first-order chi connectivity index (χ1) is 11.7. The molecule has 0 spiro atoms. The van der Waals surface area contributed by atoms with Gasteiger partial charge in [0.2, 0.25) is 0 Å². The fourth-order valence-electron chi connectivity index (χ4n) is 2.06. The fraction of sp³-hybridized carbons (Fsp3) is 0.579. The Labute approximate surface area is 149 Å². The molecule has 0 aliphatic heterocycles. The minimum absolute atomic E-state index is 0.0226. The zero-order valence-corrected chi connectivity index (χ0v) is 15.6. The van der Waals surface area contributed by atoms with E-state index in [-0.39, 0.29) is 36.2 Å². The predicted molar refractivity (Wildman–Crippen MR) is 93.9 cm³/mol. The Kier molecular flexibility index (Phi) is 8.25. The van der Waals surface area contributed by atoms with Crippen LogP contribution in [-0.4, -0.2) is 36.9 Å². The van der Waals surface area contributed by atoms with Crippen molar-refractivity contribution in [3.8, 4) is 11.5 Å². The molecule has 1 N–H and O–H groups in total. The van der Waals surface area contributed by atoms with Crippen molar-refractivity contribution in [2.45, 2.75) is 41.0 Å². The lowest BCUT2D eigenvalue weighted by Gasteiger charge is -2.15. The molecule has 0 aliphatic carbocycles. The molecule has 1 aromatic rings. The maximum Gasteiger partial charge on any atom is 0.342 e. The van der Waals surface area contributed by atoms with Crippen molar-refractivity contribution in [1.29, 1.82) is 0 Å². The number of rotatable bonds is 9. The molecule has 0 aliphatic rings. The van der Waals surface area contributed by atoms with Crippen LogP contribution < -0.4 is 4.74 Å². The van der Waals surface area contributed by atoms with E-state index in [0.717, 1.165) is 0 Å². The summed E-state index contributed by atoms with van der Waals surface area (Å²) < 4.78 is 15.7. The van der Waals surface area contributed by atoms with Gasteiger partial charge in [-0.15, -0.1) is 0 Å². The van der Waals surface area contributed by atoms with E-state index in [0.29, 0.717) is 24.5 Å². The molecular weight excluding hydrogens is 324 g/mol. The van der Waals surface area contributed by atoms with E-state index in [4.69, 9.17) is 14.2 Å². The summed E-state index contributed by atoms with van der Waals surface area (Å²) in [6.45, 7) is 10.4. The fourth-order valence-corrected chi connectivity index (χ4v) is 2.06. The molecule has 0 aromatic heterocycles. The van der Waals surface area contributed by atoms with Crippen LogP contribution in [0.2, 0.25) is 0 Å². The van der Waals surface area contributed by atoms with Gasteiger partial charge < -0.3 is 19.3 Å². The van der Waals surface area contributed by atoms with Crippen LogP contribution in [0.4, 0.5) is 0 Å². The van der Waals surface area contributed by atoms with Crippen LogP contribution >= 0.6 is 0 Å². The lowest BCUT2D eigenvalue weighted by atomic mass is 10.0. The molecule has 6 heteroatoms. The molecule has 0 heterocycles. The average Bonchev–Trinajstić information content (AvgIpc) is 2.50. The number of hydrogen-bond donors (Lipinski definition) is 1. The lowest BCUT2D eigenvalue weighted by Crippen LogP contribution is -2.17. The van der Waals surface area contributed by atoms with Gasteiger partial charge in [-0.2, -0.15) is 0 Å². The molecule has 6 nitrogen and oxygen atoms in total. The smallest absolute Gasteiger partial charge is 0.342 e. The van der Waals surface area contributed by atoms with Gasteiger partial charge >= 0.3 is 11.9 Å². The molecule has 0 unspecified atom stereocenters. The average molecular weight is 352 g/mol. The number of esters is 2. The van der Waals surface area contributed by atoms with Crippen LogP contribution in [0.25, 0.3) is 0 Å². The Morgan fingerprint density at radius 3 is 2.20 bits per heavy atom. The molecule has 140 valence electrons. The number of phenolic OH excluding ortho intramolecular Hbond substituents is 1. The number of carbonyl (C=O) groups is 2. The van der Waals surface area contributed by atoms with E-state index in [1.165, 1.54) is 6.07 Å². The van der Waals surface area contributed by atoms with Gasteiger partial charge in [0.25, 0.3) is 0 Å². The monoisotopic (exact) mass is 352 g/mol. The van der Waals surface area contributed by atoms with Crippen molar-refractivity contribution in [2.24, 2.45) is 11.8 Å². The number of carbonyl (C=O) groups excluding carboxylic acids is 2. The summed E-state index contributed by atoms with van der Waals surface area (Å²) in [4.78, 5) is 24.4. The normalized spacial score (nSPS) is 10.8. The van der Waals surface area contributed by atoms with Crippen LogP contribution in [0.5, 0.6) is 11.5 Å². The van der Waals surface area contributed by atoms with Gasteiger partial charge in [-0.05, 0) is 30.4 Å². The molecule has 0 fully saturated rings. The van der Waals surface area contributed by atoms with Crippen molar-refractivity contribution in [3.05, 3.63) is 23.3 Å². The van der Waals surface area contributed by atoms with Gasteiger partial charge in [0.15, 0.2) is 0 Å². The first kappa shape index (κ1) is 20.8. The second-order valence-electron chi connectivity index (χ2n) is 6.66. The molecule has 0 bridgehead atoms. The van der Waals surface area contributed by atoms with Crippen LogP contribution in [0.1, 0.15) is 50.5 Å². The number of ether oxygens (including phenoxy) is 3. The zero-order valence-electron chi connectivity index (χ0n) is 15.6.